The van der Waals surface area contributed by atoms with E-state index in [0.29, 0.717) is 23.1 Å². The number of carbonyl (C=O) groups excluding carboxylic acids is 1. The fourth-order valence-corrected chi connectivity index (χ4v) is 2.99. The lowest BCUT2D eigenvalue weighted by atomic mass is 10.1. The maximum Gasteiger partial charge on any atom is 0.258 e. The fourth-order valence-electron chi connectivity index (χ4n) is 2.99. The zero-order valence-electron chi connectivity index (χ0n) is 12.5. The normalized spacial score (nSPS) is 15.2. The maximum atomic E-state index is 12.8. The molecule has 0 aromatic heterocycles. The molecule has 1 saturated carbocycles. The molecule has 0 unspecified atom stereocenters. The molecule has 0 aliphatic heterocycles. The van der Waals surface area contributed by atoms with Gasteiger partial charge in [0.1, 0.15) is 0 Å². The summed E-state index contributed by atoms with van der Waals surface area (Å²) in [4.78, 5) is 14.8. The highest BCUT2D eigenvalue weighted by atomic mass is 16.5. The third-order valence-electron chi connectivity index (χ3n) is 4.00. The molecule has 4 nitrogen and oxygen atoms in total. The number of carbonyl (C=O) groups is 1. The third-order valence-corrected chi connectivity index (χ3v) is 4.00. The van der Waals surface area contributed by atoms with Gasteiger partial charge in [0.2, 0.25) is 0 Å². The van der Waals surface area contributed by atoms with Crippen molar-refractivity contribution in [3.05, 3.63) is 23.8 Å². The Morgan fingerprint density at radius 1 is 1.25 bits per heavy atom. The predicted molar refractivity (Wildman–Crippen MR) is 78.5 cm³/mol. The average molecular weight is 277 g/mol. The molecule has 1 aromatic rings. The molecule has 1 amide bonds. The first-order valence-electron chi connectivity index (χ1n) is 7.24. The molecule has 1 fully saturated rings. The molecule has 20 heavy (non-hydrogen) atoms. The first-order valence-corrected chi connectivity index (χ1v) is 7.24. The number of hydrogen-bond donors (Lipinski definition) is 0. The van der Waals surface area contributed by atoms with E-state index in [4.69, 9.17) is 9.47 Å². The molecule has 1 aliphatic rings. The van der Waals surface area contributed by atoms with Crippen molar-refractivity contribution in [3.8, 4) is 11.5 Å². The largest absolute Gasteiger partial charge is 0.493 e. The van der Waals surface area contributed by atoms with E-state index in [2.05, 4.69) is 0 Å². The standard InChI is InChI=1S/C16H23NO3/c1-4-17(12-8-5-6-9-12)16(18)13-10-7-11-14(19-2)15(13)20-3/h7,10-12H,4-6,8-9H2,1-3H3. The van der Waals surface area contributed by atoms with Crippen molar-refractivity contribution in [2.45, 2.75) is 38.6 Å². The third kappa shape index (κ3) is 2.74. The van der Waals surface area contributed by atoms with Crippen LogP contribution >= 0.6 is 0 Å². The van der Waals surface area contributed by atoms with E-state index in [-0.39, 0.29) is 5.91 Å². The second-order valence-corrected chi connectivity index (χ2v) is 5.07. The molecule has 1 aliphatic carbocycles. The van der Waals surface area contributed by atoms with Gasteiger partial charge in [-0.2, -0.15) is 0 Å². The van der Waals surface area contributed by atoms with Crippen molar-refractivity contribution in [3.63, 3.8) is 0 Å². The number of benzene rings is 1. The maximum absolute atomic E-state index is 12.8. The van der Waals surface area contributed by atoms with Crippen LogP contribution in [0.5, 0.6) is 11.5 Å². The number of rotatable bonds is 5. The average Bonchev–Trinajstić information content (AvgIpc) is 3.00. The summed E-state index contributed by atoms with van der Waals surface area (Å²) >= 11 is 0. The minimum atomic E-state index is 0.0372. The van der Waals surface area contributed by atoms with Gasteiger partial charge in [-0.15, -0.1) is 0 Å². The second-order valence-electron chi connectivity index (χ2n) is 5.07. The zero-order valence-corrected chi connectivity index (χ0v) is 12.5. The summed E-state index contributed by atoms with van der Waals surface area (Å²) < 4.78 is 10.6. The van der Waals surface area contributed by atoms with E-state index in [0.717, 1.165) is 19.4 Å². The Morgan fingerprint density at radius 2 is 1.95 bits per heavy atom. The van der Waals surface area contributed by atoms with Crippen LogP contribution in [0.4, 0.5) is 0 Å². The van der Waals surface area contributed by atoms with Crippen molar-refractivity contribution in [1.82, 2.24) is 4.90 Å². The van der Waals surface area contributed by atoms with Crippen LogP contribution in [0.25, 0.3) is 0 Å². The van der Waals surface area contributed by atoms with Crippen molar-refractivity contribution in [1.29, 1.82) is 0 Å². The van der Waals surface area contributed by atoms with Crippen molar-refractivity contribution >= 4 is 5.91 Å². The Bertz CT molecular complexity index is 467. The molecule has 4 heteroatoms. The minimum Gasteiger partial charge on any atom is -0.493 e. The van der Waals surface area contributed by atoms with Crippen LogP contribution in [0.15, 0.2) is 18.2 Å². The molecule has 1 aromatic carbocycles. The quantitative estimate of drug-likeness (QED) is 0.830. The number of para-hydroxylation sites is 1. The molecule has 0 radical (unpaired) electrons. The number of hydrogen-bond acceptors (Lipinski definition) is 3. The lowest BCUT2D eigenvalue weighted by molar-refractivity contribution is 0.0689. The van der Waals surface area contributed by atoms with E-state index in [1.807, 2.05) is 24.0 Å². The summed E-state index contributed by atoms with van der Waals surface area (Å²) in [6, 6.07) is 5.81. The van der Waals surface area contributed by atoms with Gasteiger partial charge < -0.3 is 14.4 Å². The summed E-state index contributed by atoms with van der Waals surface area (Å²) in [5.41, 5.74) is 0.584. The van der Waals surface area contributed by atoms with Crippen LogP contribution < -0.4 is 9.47 Å². The lowest BCUT2D eigenvalue weighted by Crippen LogP contribution is -2.38. The van der Waals surface area contributed by atoms with Crippen LogP contribution in [0, 0.1) is 0 Å². The van der Waals surface area contributed by atoms with Gasteiger partial charge in [0.05, 0.1) is 19.8 Å². The summed E-state index contributed by atoms with van der Waals surface area (Å²) in [5, 5.41) is 0. The first-order chi connectivity index (χ1) is 9.72. The molecule has 110 valence electrons. The summed E-state index contributed by atoms with van der Waals surface area (Å²) in [7, 11) is 3.15. The Kier molecular flexibility index (Phi) is 4.88. The summed E-state index contributed by atoms with van der Waals surface area (Å²) in [6.45, 7) is 2.76. The van der Waals surface area contributed by atoms with Gasteiger partial charge in [-0.05, 0) is 31.9 Å². The minimum absolute atomic E-state index is 0.0372. The molecule has 0 bridgehead atoms. The van der Waals surface area contributed by atoms with Gasteiger partial charge >= 0.3 is 0 Å². The van der Waals surface area contributed by atoms with E-state index < -0.39 is 0 Å². The predicted octanol–water partition coefficient (Wildman–Crippen LogP) is 3.11. The van der Waals surface area contributed by atoms with Crippen molar-refractivity contribution < 1.29 is 14.3 Å². The number of nitrogens with zero attached hydrogens (tertiary/aromatic N) is 1. The van der Waals surface area contributed by atoms with Crippen LogP contribution in [0.2, 0.25) is 0 Å². The first kappa shape index (κ1) is 14.7. The monoisotopic (exact) mass is 277 g/mol. The van der Waals surface area contributed by atoms with Gasteiger partial charge in [-0.25, -0.2) is 0 Å². The fraction of sp³-hybridized carbons (Fsp3) is 0.562. The van der Waals surface area contributed by atoms with Gasteiger partial charge in [-0.1, -0.05) is 18.9 Å². The van der Waals surface area contributed by atoms with E-state index >= 15 is 0 Å². The van der Waals surface area contributed by atoms with Crippen LogP contribution in [0.3, 0.4) is 0 Å². The Labute approximate surface area is 120 Å². The molecular weight excluding hydrogens is 254 g/mol. The van der Waals surface area contributed by atoms with E-state index in [9.17, 15) is 4.79 Å². The second kappa shape index (κ2) is 6.64. The van der Waals surface area contributed by atoms with Gasteiger partial charge in [-0.3, -0.25) is 4.79 Å². The van der Waals surface area contributed by atoms with Crippen molar-refractivity contribution in [2.75, 3.05) is 20.8 Å². The van der Waals surface area contributed by atoms with Crippen LogP contribution in [0.1, 0.15) is 43.0 Å². The van der Waals surface area contributed by atoms with Gasteiger partial charge in [0.25, 0.3) is 5.91 Å². The smallest absolute Gasteiger partial charge is 0.258 e. The van der Waals surface area contributed by atoms with Crippen LogP contribution in [-0.4, -0.2) is 37.6 Å². The molecular formula is C16H23NO3. The number of methoxy groups -OCH3 is 2. The Balaban J connectivity index is 2.31. The summed E-state index contributed by atoms with van der Waals surface area (Å²) in [5.74, 6) is 1.16. The lowest BCUT2D eigenvalue weighted by Gasteiger charge is -2.28. The Hall–Kier alpha value is -1.71. The summed E-state index contributed by atoms with van der Waals surface area (Å²) in [6.07, 6.45) is 4.63. The molecule has 0 N–H and O–H groups in total. The van der Waals surface area contributed by atoms with E-state index in [1.165, 1.54) is 12.8 Å². The molecule has 0 spiro atoms. The SMILES string of the molecule is CCN(C(=O)c1cccc(OC)c1OC)C1CCCC1. The zero-order chi connectivity index (χ0) is 14.5. The molecule has 0 atom stereocenters. The molecule has 0 heterocycles. The topological polar surface area (TPSA) is 38.8 Å². The number of ether oxygens (including phenoxy) is 2. The molecule has 2 rings (SSSR count). The van der Waals surface area contributed by atoms with Crippen LogP contribution in [-0.2, 0) is 0 Å². The number of amides is 1. The molecule has 0 saturated heterocycles. The van der Waals surface area contributed by atoms with Crippen molar-refractivity contribution in [2.24, 2.45) is 0 Å². The highest BCUT2D eigenvalue weighted by Crippen LogP contribution is 2.33. The van der Waals surface area contributed by atoms with Gasteiger partial charge in [0.15, 0.2) is 11.5 Å². The highest BCUT2D eigenvalue weighted by molar-refractivity contribution is 5.98. The highest BCUT2D eigenvalue weighted by Gasteiger charge is 2.28. The van der Waals surface area contributed by atoms with Gasteiger partial charge in [0, 0.05) is 12.6 Å². The Morgan fingerprint density at radius 3 is 2.50 bits per heavy atom. The van der Waals surface area contributed by atoms with E-state index in [1.54, 1.807) is 20.3 Å².